The Morgan fingerprint density at radius 3 is 2.69 bits per heavy atom. The lowest BCUT2D eigenvalue weighted by atomic mass is 9.59. The van der Waals surface area contributed by atoms with Crippen LogP contribution in [0.5, 0.6) is 0 Å². The van der Waals surface area contributed by atoms with Gasteiger partial charge in [-0.15, -0.1) is 0 Å². The Hall–Kier alpha value is -2.02. The van der Waals surface area contributed by atoms with E-state index in [9.17, 15) is 24.9 Å². The zero-order valence-electron chi connectivity index (χ0n) is 19.2. The molecule has 0 aromatic heterocycles. The van der Waals surface area contributed by atoms with Gasteiger partial charge in [-0.2, -0.15) is 0 Å². The number of rotatable bonds is 5. The molecule has 4 aliphatic rings. The Balaban J connectivity index is 1.88. The number of fused-ring (bicyclic) bond motifs is 3. The second-order valence-corrected chi connectivity index (χ2v) is 10.6. The highest BCUT2D eigenvalue weighted by molar-refractivity contribution is 5.95. The molecule has 0 saturated heterocycles. The molecule has 0 radical (unpaired) electrons. The number of hydrogen-bond donors (Lipinski definition) is 3. The third-order valence-corrected chi connectivity index (χ3v) is 8.71. The van der Waals surface area contributed by atoms with Gasteiger partial charge in [-0.1, -0.05) is 57.7 Å². The maximum atomic E-state index is 14.2. The van der Waals surface area contributed by atoms with E-state index in [0.29, 0.717) is 11.5 Å². The van der Waals surface area contributed by atoms with Crippen molar-refractivity contribution in [2.75, 3.05) is 6.61 Å². The van der Waals surface area contributed by atoms with Crippen molar-refractivity contribution in [2.24, 2.45) is 34.5 Å². The maximum absolute atomic E-state index is 14.2. The van der Waals surface area contributed by atoms with Gasteiger partial charge in [0.05, 0.1) is 18.4 Å². The van der Waals surface area contributed by atoms with Crippen molar-refractivity contribution in [3.63, 3.8) is 0 Å². The van der Waals surface area contributed by atoms with E-state index in [1.807, 2.05) is 6.92 Å². The van der Waals surface area contributed by atoms with E-state index in [1.165, 1.54) is 6.08 Å². The summed E-state index contributed by atoms with van der Waals surface area (Å²) in [5.41, 5.74) is -2.78. The van der Waals surface area contributed by atoms with Crippen molar-refractivity contribution >= 4 is 11.8 Å². The molecular formula is C26H34O6. The highest BCUT2D eigenvalue weighted by Crippen LogP contribution is 2.71. The van der Waals surface area contributed by atoms with Gasteiger partial charge in [-0.25, -0.2) is 0 Å². The molecular weight excluding hydrogens is 408 g/mol. The molecule has 2 bridgehead atoms. The monoisotopic (exact) mass is 442 g/mol. The molecule has 4 aliphatic carbocycles. The topological polar surface area (TPSA) is 104 Å². The average molecular weight is 443 g/mol. The first-order valence-corrected chi connectivity index (χ1v) is 11.4. The summed E-state index contributed by atoms with van der Waals surface area (Å²) >= 11 is 0. The average Bonchev–Trinajstić information content (AvgIpc) is 3.24. The van der Waals surface area contributed by atoms with Crippen LogP contribution in [0.25, 0.3) is 0 Å². The summed E-state index contributed by atoms with van der Waals surface area (Å²) in [4.78, 5) is 26.8. The molecule has 0 heterocycles. The van der Waals surface area contributed by atoms with E-state index in [0.717, 1.165) is 6.42 Å². The fourth-order valence-corrected chi connectivity index (χ4v) is 7.01. The van der Waals surface area contributed by atoms with E-state index >= 15 is 0 Å². The van der Waals surface area contributed by atoms with Crippen LogP contribution in [0.1, 0.15) is 40.5 Å². The van der Waals surface area contributed by atoms with Crippen LogP contribution in [0, 0.1) is 34.5 Å². The second-order valence-electron chi connectivity index (χ2n) is 10.6. The highest BCUT2D eigenvalue weighted by Gasteiger charge is 2.76. The number of carbonyl (C=O) groups excluding carboxylic acids is 2. The van der Waals surface area contributed by atoms with Gasteiger partial charge in [0.2, 0.25) is 0 Å². The van der Waals surface area contributed by atoms with Crippen LogP contribution in [0.4, 0.5) is 0 Å². The molecule has 2 saturated carbocycles. The van der Waals surface area contributed by atoms with E-state index in [1.54, 1.807) is 31.2 Å². The van der Waals surface area contributed by atoms with Gasteiger partial charge in [0.15, 0.2) is 17.5 Å². The number of Topliss-reactive ketones (excluding diaryl/α,β-unsaturated/α-hetero) is 1. The summed E-state index contributed by atoms with van der Waals surface area (Å²) in [7, 11) is 0. The lowest BCUT2D eigenvalue weighted by Crippen LogP contribution is -2.66. The minimum Gasteiger partial charge on any atom is -0.454 e. The Kier molecular flexibility index (Phi) is 5.43. The Labute approximate surface area is 189 Å². The molecule has 32 heavy (non-hydrogen) atoms. The van der Waals surface area contributed by atoms with Crippen LogP contribution < -0.4 is 0 Å². The van der Waals surface area contributed by atoms with Gasteiger partial charge in [-0.3, -0.25) is 9.59 Å². The molecule has 0 aromatic carbocycles. The number of aliphatic hydroxyl groups excluding tert-OH is 2. The number of esters is 1. The molecule has 0 amide bonds. The molecule has 0 aromatic rings. The van der Waals surface area contributed by atoms with Crippen LogP contribution in [-0.2, 0) is 14.3 Å². The van der Waals surface area contributed by atoms with Gasteiger partial charge in [0, 0.05) is 5.92 Å². The smallest absolute Gasteiger partial charge is 0.310 e. The minimum absolute atomic E-state index is 0.0344. The molecule has 0 unspecified atom stereocenters. The molecule has 2 fully saturated rings. The Morgan fingerprint density at radius 1 is 1.38 bits per heavy atom. The van der Waals surface area contributed by atoms with Crippen molar-refractivity contribution < 1.29 is 29.6 Å². The number of ether oxygens (including phenoxy) is 1. The fourth-order valence-electron chi connectivity index (χ4n) is 7.01. The number of aliphatic hydroxyl groups is 3. The predicted molar refractivity (Wildman–Crippen MR) is 119 cm³/mol. The number of hydrogen-bond acceptors (Lipinski definition) is 6. The predicted octanol–water partition coefficient (Wildman–Crippen LogP) is 2.50. The van der Waals surface area contributed by atoms with Crippen molar-refractivity contribution in [1.82, 2.24) is 0 Å². The first kappa shape index (κ1) is 23.1. The quantitative estimate of drug-likeness (QED) is 0.343. The van der Waals surface area contributed by atoms with E-state index in [4.69, 9.17) is 4.74 Å². The summed E-state index contributed by atoms with van der Waals surface area (Å²) in [5, 5.41) is 33.7. The van der Waals surface area contributed by atoms with Gasteiger partial charge in [-0.05, 0) is 47.7 Å². The van der Waals surface area contributed by atoms with Crippen molar-refractivity contribution in [1.29, 1.82) is 0 Å². The van der Waals surface area contributed by atoms with Crippen LogP contribution in [0.15, 0.2) is 48.1 Å². The molecule has 8 atom stereocenters. The van der Waals surface area contributed by atoms with Crippen LogP contribution in [-0.4, -0.2) is 51.5 Å². The second kappa shape index (κ2) is 7.51. The largest absolute Gasteiger partial charge is 0.454 e. The first-order chi connectivity index (χ1) is 15.0. The molecule has 174 valence electrons. The molecule has 4 rings (SSSR count). The summed E-state index contributed by atoms with van der Waals surface area (Å²) < 4.78 is 5.75. The van der Waals surface area contributed by atoms with E-state index in [2.05, 4.69) is 20.4 Å². The van der Waals surface area contributed by atoms with Crippen LogP contribution in [0.3, 0.4) is 0 Å². The number of allylic oxidation sites excluding steroid dienone is 3. The lowest BCUT2D eigenvalue weighted by molar-refractivity contribution is -0.204. The Bertz CT molecular complexity index is 942. The molecule has 6 heteroatoms. The summed E-state index contributed by atoms with van der Waals surface area (Å²) in [6, 6.07) is 0. The van der Waals surface area contributed by atoms with Gasteiger partial charge < -0.3 is 20.1 Å². The maximum Gasteiger partial charge on any atom is 0.310 e. The summed E-state index contributed by atoms with van der Waals surface area (Å²) in [6.07, 6.45) is 6.08. The third-order valence-electron chi connectivity index (χ3n) is 8.71. The van der Waals surface area contributed by atoms with Gasteiger partial charge in [0.25, 0.3) is 0 Å². The highest BCUT2D eigenvalue weighted by atomic mass is 16.6. The Morgan fingerprint density at radius 2 is 2.06 bits per heavy atom. The van der Waals surface area contributed by atoms with Crippen LogP contribution >= 0.6 is 0 Å². The van der Waals surface area contributed by atoms with Crippen molar-refractivity contribution in [2.45, 2.75) is 58.3 Å². The number of ketones is 1. The van der Waals surface area contributed by atoms with Crippen molar-refractivity contribution in [3.05, 3.63) is 48.1 Å². The summed E-state index contributed by atoms with van der Waals surface area (Å²) in [5.74, 6) is -1.18. The first-order valence-electron chi connectivity index (χ1n) is 11.4. The molecule has 3 N–H and O–H groups in total. The minimum atomic E-state index is -2.09. The molecule has 6 nitrogen and oxygen atoms in total. The standard InChI is InChI=1S/C26H34O6/c1-6-7-8-9-19(28)32-23-16(13-27)11-17-20-18(24(20,4)5)10-15(3)25(22(17)30)12-14(2)21(29)26(23,25)31/h6-8,11-12,15,17-18,20-21,23,27,29,31H,1,9-10,13H2,2-5H3/b8-7+/t15-,17+,18-,20+,21+,23+,25+,26+/m1/s1. The van der Waals surface area contributed by atoms with Crippen molar-refractivity contribution in [3.8, 4) is 0 Å². The van der Waals surface area contributed by atoms with Gasteiger partial charge >= 0.3 is 5.97 Å². The normalized spacial score (nSPS) is 44.0. The van der Waals surface area contributed by atoms with Gasteiger partial charge in [0.1, 0.15) is 6.10 Å². The zero-order valence-corrected chi connectivity index (χ0v) is 19.2. The fraction of sp³-hybridized carbons (Fsp3) is 0.615. The zero-order chi connectivity index (χ0) is 23.6. The van der Waals surface area contributed by atoms with E-state index < -0.39 is 41.7 Å². The summed E-state index contributed by atoms with van der Waals surface area (Å²) in [6.45, 7) is 11.0. The SMILES string of the molecule is C=C/C=C/CC(=O)O[C@H]1C(CO)=C[C@@H]2C(=O)[C@]3(C=C(C)[C@H](O)[C@]13O)[C@H](C)C[C@@H]1[C@H]2C1(C)C. The van der Waals surface area contributed by atoms with Crippen LogP contribution in [0.2, 0.25) is 0 Å². The number of carbonyl (C=O) groups is 2. The molecule has 1 spiro atoms. The molecule has 0 aliphatic heterocycles. The van der Waals surface area contributed by atoms with E-state index in [-0.39, 0.29) is 35.0 Å². The lowest BCUT2D eigenvalue weighted by Gasteiger charge is -2.49. The third kappa shape index (κ3) is 2.82.